The summed E-state index contributed by atoms with van der Waals surface area (Å²) in [5, 5.41) is 2.36. The second-order valence-electron chi connectivity index (χ2n) is 6.84. The van der Waals surface area contributed by atoms with Crippen LogP contribution < -0.4 is 10.2 Å². The van der Waals surface area contributed by atoms with Gasteiger partial charge in [-0.15, -0.1) is 0 Å². The number of methoxy groups -OCH3 is 1. The van der Waals surface area contributed by atoms with E-state index in [0.29, 0.717) is 27.1 Å². The van der Waals surface area contributed by atoms with Crippen LogP contribution in [0.5, 0.6) is 0 Å². The van der Waals surface area contributed by atoms with Crippen molar-refractivity contribution in [2.45, 2.75) is 9.79 Å². The second-order valence-corrected chi connectivity index (χ2v) is 7.92. The summed E-state index contributed by atoms with van der Waals surface area (Å²) in [5.74, 6) is -3.45. The zero-order valence-corrected chi connectivity index (χ0v) is 17.5. The molecule has 162 valence electrons. The van der Waals surface area contributed by atoms with E-state index < -0.39 is 36.0 Å². The average molecular weight is 454 g/mol. The van der Waals surface area contributed by atoms with Gasteiger partial charge >= 0.3 is 5.97 Å². The molecule has 3 aromatic rings. The molecule has 0 radical (unpaired) electrons. The molecule has 2 amide bonds. The summed E-state index contributed by atoms with van der Waals surface area (Å²) in [7, 11) is 1.24. The normalized spacial score (nSPS) is 12.5. The van der Waals surface area contributed by atoms with Gasteiger partial charge in [0.05, 0.1) is 29.6 Å². The first-order valence-corrected chi connectivity index (χ1v) is 10.2. The molecule has 0 unspecified atom stereocenters. The van der Waals surface area contributed by atoms with Crippen molar-refractivity contribution >= 4 is 40.9 Å². The number of amides is 2. The summed E-state index contributed by atoms with van der Waals surface area (Å²) in [6.07, 6.45) is 0. The molecule has 1 heterocycles. The molecule has 0 spiro atoms. The Morgan fingerprint density at radius 2 is 1.81 bits per heavy atom. The number of nitrogens with zero attached hydrogens (tertiary/aromatic N) is 1. The van der Waals surface area contributed by atoms with Crippen LogP contribution in [0.2, 0.25) is 0 Å². The highest BCUT2D eigenvalue weighted by molar-refractivity contribution is 7.99. The maximum Gasteiger partial charge on any atom is 0.337 e. The number of rotatable bonds is 4. The number of nitrogens with one attached hydrogen (secondary N) is 1. The first-order chi connectivity index (χ1) is 15.4. The van der Waals surface area contributed by atoms with Gasteiger partial charge in [-0.2, -0.15) is 0 Å². The van der Waals surface area contributed by atoms with Crippen molar-refractivity contribution in [3.63, 3.8) is 0 Å². The Labute approximate surface area is 186 Å². The molecule has 0 aliphatic carbocycles. The van der Waals surface area contributed by atoms with Gasteiger partial charge in [-0.1, -0.05) is 23.9 Å². The summed E-state index contributed by atoms with van der Waals surface area (Å²) in [5.41, 5.74) is 0.723. The molecule has 0 bridgehead atoms. The molecular weight excluding hydrogens is 438 g/mol. The van der Waals surface area contributed by atoms with E-state index in [1.807, 2.05) is 0 Å². The molecule has 3 aromatic carbocycles. The van der Waals surface area contributed by atoms with Crippen LogP contribution in [0.15, 0.2) is 70.5 Å². The number of carbonyl (C=O) groups excluding carboxylic acids is 3. The van der Waals surface area contributed by atoms with Gasteiger partial charge in [0.15, 0.2) is 0 Å². The molecule has 0 saturated carbocycles. The van der Waals surface area contributed by atoms with Crippen LogP contribution >= 0.6 is 11.8 Å². The number of esters is 1. The predicted octanol–water partition coefficient (Wildman–Crippen LogP) is 4.50. The van der Waals surface area contributed by atoms with Crippen LogP contribution in [-0.4, -0.2) is 31.4 Å². The zero-order valence-electron chi connectivity index (χ0n) is 16.7. The Balaban J connectivity index is 1.72. The topological polar surface area (TPSA) is 75.7 Å². The number of carbonyl (C=O) groups is 3. The zero-order chi connectivity index (χ0) is 22.8. The van der Waals surface area contributed by atoms with Crippen molar-refractivity contribution in [1.29, 1.82) is 0 Å². The number of hydrogen-bond acceptors (Lipinski definition) is 5. The van der Waals surface area contributed by atoms with Crippen molar-refractivity contribution in [3.05, 3.63) is 83.4 Å². The molecule has 4 rings (SSSR count). The highest BCUT2D eigenvalue weighted by Gasteiger charge is 2.29. The van der Waals surface area contributed by atoms with Gasteiger partial charge in [-0.25, -0.2) is 13.6 Å². The summed E-state index contributed by atoms with van der Waals surface area (Å²) in [6, 6.07) is 14.4. The van der Waals surface area contributed by atoms with Gasteiger partial charge in [0.25, 0.3) is 5.91 Å². The summed E-state index contributed by atoms with van der Waals surface area (Å²) in [6.45, 7) is -0.456. The SMILES string of the molecule is COC(=O)c1ccc2c(c1)N(CC(=O)Nc1ccc(F)cc1F)C(=O)c1ccccc1S2. The van der Waals surface area contributed by atoms with Crippen LogP contribution in [0.4, 0.5) is 20.2 Å². The average Bonchev–Trinajstić information content (AvgIpc) is 2.89. The lowest BCUT2D eigenvalue weighted by Gasteiger charge is -2.23. The Bertz CT molecular complexity index is 1250. The monoisotopic (exact) mass is 454 g/mol. The minimum atomic E-state index is -0.935. The maximum atomic E-state index is 14.0. The van der Waals surface area contributed by atoms with Gasteiger partial charge in [0.1, 0.15) is 18.2 Å². The maximum absolute atomic E-state index is 14.0. The number of hydrogen-bond donors (Lipinski definition) is 1. The van der Waals surface area contributed by atoms with Gasteiger partial charge in [-0.05, 0) is 42.5 Å². The summed E-state index contributed by atoms with van der Waals surface area (Å²) < 4.78 is 31.9. The summed E-state index contributed by atoms with van der Waals surface area (Å²) in [4.78, 5) is 40.6. The third-order valence-corrected chi connectivity index (χ3v) is 5.90. The van der Waals surface area contributed by atoms with Crippen molar-refractivity contribution < 1.29 is 27.9 Å². The largest absolute Gasteiger partial charge is 0.465 e. The lowest BCUT2D eigenvalue weighted by atomic mass is 10.1. The molecule has 32 heavy (non-hydrogen) atoms. The first-order valence-electron chi connectivity index (χ1n) is 9.43. The first kappa shape index (κ1) is 21.5. The van der Waals surface area contributed by atoms with Crippen molar-refractivity contribution in [1.82, 2.24) is 0 Å². The molecule has 1 N–H and O–H groups in total. The van der Waals surface area contributed by atoms with Gasteiger partial charge in [0, 0.05) is 15.9 Å². The predicted molar refractivity (Wildman–Crippen MR) is 115 cm³/mol. The fourth-order valence-electron chi connectivity index (χ4n) is 3.25. The van der Waals surface area contributed by atoms with Crippen molar-refractivity contribution in [3.8, 4) is 0 Å². The molecule has 0 fully saturated rings. The molecule has 9 heteroatoms. The third kappa shape index (κ3) is 4.19. The van der Waals surface area contributed by atoms with E-state index in [4.69, 9.17) is 4.74 Å². The number of benzene rings is 3. The Hall–Kier alpha value is -3.72. The number of ether oxygens (including phenoxy) is 1. The van der Waals surface area contributed by atoms with Crippen LogP contribution in [0.3, 0.4) is 0 Å². The van der Waals surface area contributed by atoms with Gasteiger partial charge < -0.3 is 10.1 Å². The lowest BCUT2D eigenvalue weighted by molar-refractivity contribution is -0.115. The second kappa shape index (κ2) is 8.80. The van der Waals surface area contributed by atoms with E-state index in [1.54, 1.807) is 36.4 Å². The smallest absolute Gasteiger partial charge is 0.337 e. The number of halogens is 2. The third-order valence-electron chi connectivity index (χ3n) is 4.76. The summed E-state index contributed by atoms with van der Waals surface area (Å²) >= 11 is 1.33. The van der Waals surface area contributed by atoms with E-state index in [-0.39, 0.29) is 11.3 Å². The fourth-order valence-corrected chi connectivity index (χ4v) is 4.30. The van der Waals surface area contributed by atoms with Crippen LogP contribution in [0.1, 0.15) is 20.7 Å². The molecule has 1 aliphatic heterocycles. The molecule has 0 atom stereocenters. The van der Waals surface area contributed by atoms with Crippen LogP contribution in [0, 0.1) is 11.6 Å². The molecular formula is C23H16F2N2O4S. The van der Waals surface area contributed by atoms with E-state index >= 15 is 0 Å². The lowest BCUT2D eigenvalue weighted by Crippen LogP contribution is -2.38. The van der Waals surface area contributed by atoms with E-state index in [9.17, 15) is 23.2 Å². The van der Waals surface area contributed by atoms with E-state index in [2.05, 4.69) is 5.32 Å². The van der Waals surface area contributed by atoms with Crippen molar-refractivity contribution in [2.75, 3.05) is 23.9 Å². The highest BCUT2D eigenvalue weighted by Crippen LogP contribution is 2.41. The quantitative estimate of drug-likeness (QED) is 0.588. The Morgan fingerprint density at radius 3 is 2.56 bits per heavy atom. The van der Waals surface area contributed by atoms with Crippen LogP contribution in [0.25, 0.3) is 0 Å². The van der Waals surface area contributed by atoms with E-state index in [0.717, 1.165) is 12.1 Å². The molecule has 1 aliphatic rings. The Morgan fingerprint density at radius 1 is 1.03 bits per heavy atom. The van der Waals surface area contributed by atoms with E-state index in [1.165, 1.54) is 29.8 Å². The molecule has 0 aromatic heterocycles. The standard InChI is InChI=1S/C23H16F2N2O4S/c1-31-23(30)13-6-9-20-18(10-13)27(22(29)15-4-2-3-5-19(15)32-20)12-21(28)26-17-8-7-14(24)11-16(17)25/h2-11H,12H2,1H3,(H,26,28). The van der Waals surface area contributed by atoms with Crippen molar-refractivity contribution in [2.24, 2.45) is 0 Å². The molecule has 6 nitrogen and oxygen atoms in total. The van der Waals surface area contributed by atoms with Gasteiger partial charge in [0.2, 0.25) is 5.91 Å². The van der Waals surface area contributed by atoms with Gasteiger partial charge in [-0.3, -0.25) is 14.5 Å². The fraction of sp³-hybridized carbons (Fsp3) is 0.0870. The van der Waals surface area contributed by atoms with Crippen LogP contribution in [-0.2, 0) is 9.53 Å². The number of anilines is 2. The minimum Gasteiger partial charge on any atom is -0.465 e. The highest BCUT2D eigenvalue weighted by atomic mass is 32.2. The Kier molecular flexibility index (Phi) is 5.91. The minimum absolute atomic E-state index is 0.209. The molecule has 0 saturated heterocycles. The number of fused-ring (bicyclic) bond motifs is 2.